The number of aryl methyl sites for hydroxylation is 2. The molecule has 1 fully saturated rings. The Hall–Kier alpha value is -2.48. The molecule has 0 saturated carbocycles. The summed E-state index contributed by atoms with van der Waals surface area (Å²) in [5, 5.41) is 7.34. The maximum atomic E-state index is 12.9. The van der Waals surface area contributed by atoms with E-state index in [4.69, 9.17) is 4.74 Å². The van der Waals surface area contributed by atoms with Gasteiger partial charge in [-0.1, -0.05) is 0 Å². The molecule has 1 aliphatic heterocycles. The van der Waals surface area contributed by atoms with Crippen LogP contribution < -0.4 is 5.56 Å². The molecule has 1 amide bonds. The second-order valence-corrected chi connectivity index (χ2v) is 6.92. The van der Waals surface area contributed by atoms with Gasteiger partial charge in [-0.2, -0.15) is 5.10 Å². The van der Waals surface area contributed by atoms with Crippen LogP contribution in [0.3, 0.4) is 0 Å². The van der Waals surface area contributed by atoms with E-state index in [0.717, 1.165) is 49.1 Å². The van der Waals surface area contributed by atoms with Gasteiger partial charge in [-0.15, -0.1) is 0 Å². The van der Waals surface area contributed by atoms with E-state index in [-0.39, 0.29) is 17.6 Å². The van der Waals surface area contributed by atoms with Crippen molar-refractivity contribution in [1.29, 1.82) is 0 Å². The van der Waals surface area contributed by atoms with Crippen molar-refractivity contribution in [3.05, 3.63) is 45.4 Å². The second kappa shape index (κ2) is 7.41. The average molecular weight is 357 g/mol. The molecule has 0 spiro atoms. The molecular weight excluding hydrogens is 334 g/mol. The number of aromatic amines is 2. The minimum absolute atomic E-state index is 0.00743. The molecule has 4 rings (SSSR count). The molecule has 3 heterocycles. The zero-order valence-electron chi connectivity index (χ0n) is 14.7. The Labute approximate surface area is 151 Å². The van der Waals surface area contributed by atoms with E-state index in [0.29, 0.717) is 31.8 Å². The summed E-state index contributed by atoms with van der Waals surface area (Å²) < 4.78 is 5.80. The SMILES string of the molecule is O=C(c1n[nH]c2c1CCCC2)N1CCO[C@@H](CCc2cc(=O)[nH]cn2)C1. The number of amides is 1. The molecule has 2 N–H and O–H groups in total. The van der Waals surface area contributed by atoms with Gasteiger partial charge in [-0.3, -0.25) is 14.7 Å². The van der Waals surface area contributed by atoms with E-state index in [1.54, 1.807) is 0 Å². The van der Waals surface area contributed by atoms with Crippen molar-refractivity contribution in [3.8, 4) is 0 Å². The molecule has 1 atom stereocenters. The third-order valence-electron chi connectivity index (χ3n) is 5.14. The summed E-state index contributed by atoms with van der Waals surface area (Å²) >= 11 is 0. The fourth-order valence-electron chi connectivity index (χ4n) is 3.74. The molecule has 2 aromatic rings. The van der Waals surface area contributed by atoms with Crippen LogP contribution in [0.2, 0.25) is 0 Å². The normalized spacial score (nSPS) is 20.0. The molecule has 138 valence electrons. The van der Waals surface area contributed by atoms with Crippen LogP contribution in [0, 0.1) is 0 Å². The molecule has 1 saturated heterocycles. The van der Waals surface area contributed by atoms with Gasteiger partial charge in [0.25, 0.3) is 11.5 Å². The van der Waals surface area contributed by atoms with Crippen molar-refractivity contribution in [2.24, 2.45) is 0 Å². The second-order valence-electron chi connectivity index (χ2n) is 6.92. The fourth-order valence-corrected chi connectivity index (χ4v) is 3.74. The topological polar surface area (TPSA) is 104 Å². The van der Waals surface area contributed by atoms with Crippen LogP contribution in [0.15, 0.2) is 17.2 Å². The van der Waals surface area contributed by atoms with Crippen molar-refractivity contribution < 1.29 is 9.53 Å². The summed E-state index contributed by atoms with van der Waals surface area (Å²) in [5.41, 5.74) is 3.38. The molecule has 1 aliphatic carbocycles. The smallest absolute Gasteiger partial charge is 0.274 e. The molecule has 8 heteroatoms. The Morgan fingerprint density at radius 2 is 2.23 bits per heavy atom. The van der Waals surface area contributed by atoms with Crippen LogP contribution in [-0.2, 0) is 24.0 Å². The van der Waals surface area contributed by atoms with Crippen molar-refractivity contribution in [2.75, 3.05) is 19.7 Å². The number of carbonyl (C=O) groups is 1. The Morgan fingerprint density at radius 3 is 3.12 bits per heavy atom. The summed E-state index contributed by atoms with van der Waals surface area (Å²) in [6, 6.07) is 1.50. The number of nitrogens with one attached hydrogen (secondary N) is 2. The first-order chi connectivity index (χ1) is 12.7. The monoisotopic (exact) mass is 357 g/mol. The standard InChI is InChI=1S/C18H23N5O3/c24-16-9-12(19-11-20-16)5-6-13-10-23(7-8-26-13)18(25)17-14-3-1-2-4-15(14)21-22-17/h9,11,13H,1-8,10H2,(H,21,22)(H,19,20,24)/t13-/m0/s1. The number of rotatable bonds is 4. The lowest BCUT2D eigenvalue weighted by molar-refractivity contribution is -0.0249. The van der Waals surface area contributed by atoms with E-state index in [2.05, 4.69) is 20.2 Å². The minimum atomic E-state index is -0.153. The highest BCUT2D eigenvalue weighted by molar-refractivity contribution is 5.94. The molecule has 2 aliphatic rings. The molecule has 8 nitrogen and oxygen atoms in total. The first kappa shape index (κ1) is 17.0. The average Bonchev–Trinajstić information content (AvgIpc) is 3.10. The van der Waals surface area contributed by atoms with Crippen LogP contribution in [-0.4, -0.2) is 56.8 Å². The molecule has 0 unspecified atom stereocenters. The van der Waals surface area contributed by atoms with E-state index < -0.39 is 0 Å². The van der Waals surface area contributed by atoms with Gasteiger partial charge in [-0.05, 0) is 38.5 Å². The Bertz CT molecular complexity index is 843. The number of fused-ring (bicyclic) bond motifs is 1. The number of hydrogen-bond acceptors (Lipinski definition) is 5. The lowest BCUT2D eigenvalue weighted by Gasteiger charge is -2.33. The highest BCUT2D eigenvalue weighted by Gasteiger charge is 2.29. The van der Waals surface area contributed by atoms with Crippen molar-refractivity contribution in [2.45, 2.75) is 44.6 Å². The zero-order chi connectivity index (χ0) is 17.9. The largest absolute Gasteiger partial charge is 0.375 e. The summed E-state index contributed by atoms with van der Waals surface area (Å²) in [6.45, 7) is 1.65. The van der Waals surface area contributed by atoms with Crippen LogP contribution >= 0.6 is 0 Å². The Balaban J connectivity index is 1.39. The quantitative estimate of drug-likeness (QED) is 0.844. The van der Waals surface area contributed by atoms with Crippen molar-refractivity contribution in [1.82, 2.24) is 25.1 Å². The summed E-state index contributed by atoms with van der Waals surface area (Å²) in [6.07, 6.45) is 6.90. The highest BCUT2D eigenvalue weighted by atomic mass is 16.5. The molecular formula is C18H23N5O3. The highest BCUT2D eigenvalue weighted by Crippen LogP contribution is 2.24. The van der Waals surface area contributed by atoms with E-state index >= 15 is 0 Å². The van der Waals surface area contributed by atoms with Gasteiger partial charge in [-0.25, -0.2) is 4.98 Å². The minimum Gasteiger partial charge on any atom is -0.375 e. The van der Waals surface area contributed by atoms with Gasteiger partial charge >= 0.3 is 0 Å². The Kier molecular flexibility index (Phi) is 4.83. The van der Waals surface area contributed by atoms with Crippen LogP contribution in [0.4, 0.5) is 0 Å². The van der Waals surface area contributed by atoms with Crippen LogP contribution in [0.1, 0.15) is 46.7 Å². The molecule has 0 bridgehead atoms. The number of ether oxygens (including phenoxy) is 1. The zero-order valence-corrected chi connectivity index (χ0v) is 14.7. The first-order valence-corrected chi connectivity index (χ1v) is 9.21. The van der Waals surface area contributed by atoms with Gasteiger partial charge in [0.1, 0.15) is 0 Å². The van der Waals surface area contributed by atoms with Gasteiger partial charge in [0.15, 0.2) is 5.69 Å². The fraction of sp³-hybridized carbons (Fsp3) is 0.556. The molecule has 26 heavy (non-hydrogen) atoms. The summed E-state index contributed by atoms with van der Waals surface area (Å²) in [7, 11) is 0. The molecule has 0 aromatic carbocycles. The van der Waals surface area contributed by atoms with Gasteiger partial charge in [0.05, 0.1) is 19.0 Å². The van der Waals surface area contributed by atoms with Crippen molar-refractivity contribution >= 4 is 5.91 Å². The first-order valence-electron chi connectivity index (χ1n) is 9.21. The number of H-pyrrole nitrogens is 2. The maximum absolute atomic E-state index is 12.9. The number of hydrogen-bond donors (Lipinski definition) is 2. The van der Waals surface area contributed by atoms with E-state index in [9.17, 15) is 9.59 Å². The predicted octanol–water partition coefficient (Wildman–Crippen LogP) is 0.846. The lowest BCUT2D eigenvalue weighted by Crippen LogP contribution is -2.46. The van der Waals surface area contributed by atoms with Gasteiger partial charge in [0.2, 0.25) is 0 Å². The number of aromatic nitrogens is 4. The Morgan fingerprint density at radius 1 is 1.35 bits per heavy atom. The third-order valence-corrected chi connectivity index (χ3v) is 5.14. The van der Waals surface area contributed by atoms with Crippen LogP contribution in [0.25, 0.3) is 0 Å². The lowest BCUT2D eigenvalue weighted by atomic mass is 9.95. The summed E-state index contributed by atoms with van der Waals surface area (Å²) in [5.74, 6) is -0.00743. The molecule has 0 radical (unpaired) electrons. The van der Waals surface area contributed by atoms with Crippen LogP contribution in [0.5, 0.6) is 0 Å². The summed E-state index contributed by atoms with van der Waals surface area (Å²) in [4.78, 5) is 32.8. The third kappa shape index (κ3) is 3.55. The number of nitrogens with zero attached hydrogens (tertiary/aromatic N) is 3. The predicted molar refractivity (Wildman–Crippen MR) is 94.1 cm³/mol. The van der Waals surface area contributed by atoms with Crippen molar-refractivity contribution in [3.63, 3.8) is 0 Å². The molecule has 2 aromatic heterocycles. The van der Waals surface area contributed by atoms with E-state index in [1.165, 1.54) is 12.4 Å². The van der Waals surface area contributed by atoms with E-state index in [1.807, 2.05) is 4.90 Å². The number of morpholine rings is 1. The number of carbonyl (C=O) groups excluding carboxylic acids is 1. The maximum Gasteiger partial charge on any atom is 0.274 e. The van der Waals surface area contributed by atoms with Gasteiger partial charge in [0, 0.05) is 36.1 Å². The van der Waals surface area contributed by atoms with Gasteiger partial charge < -0.3 is 14.6 Å².